The highest BCUT2D eigenvalue weighted by Crippen LogP contribution is 2.28. The Bertz CT molecular complexity index is 772. The van der Waals surface area contributed by atoms with Gasteiger partial charge in [0.05, 0.1) is 0 Å². The molecule has 0 bridgehead atoms. The van der Waals surface area contributed by atoms with Crippen molar-refractivity contribution in [2.45, 2.75) is 78.3 Å². The van der Waals surface area contributed by atoms with E-state index in [1.54, 1.807) is 6.92 Å². The van der Waals surface area contributed by atoms with Crippen LogP contribution in [0.5, 0.6) is 0 Å². The Balaban J connectivity index is 1.91. The van der Waals surface area contributed by atoms with Gasteiger partial charge in [0.1, 0.15) is 0 Å². The van der Waals surface area contributed by atoms with Gasteiger partial charge >= 0.3 is 0 Å². The molecular weight excluding hydrogens is 402 g/mol. The van der Waals surface area contributed by atoms with Crippen molar-refractivity contribution < 1.29 is 14.7 Å². The number of aliphatic hydroxyl groups is 1. The van der Waals surface area contributed by atoms with Gasteiger partial charge in [-0.25, -0.2) is 0 Å². The zero-order valence-electron chi connectivity index (χ0n) is 20.2. The van der Waals surface area contributed by atoms with Crippen molar-refractivity contribution in [1.82, 2.24) is 9.80 Å². The van der Waals surface area contributed by atoms with E-state index in [4.69, 9.17) is 0 Å². The summed E-state index contributed by atoms with van der Waals surface area (Å²) in [4.78, 5) is 32.1. The first kappa shape index (κ1) is 24.7. The first-order valence-electron chi connectivity index (χ1n) is 12.5. The van der Waals surface area contributed by atoms with Crippen molar-refractivity contribution >= 4 is 17.5 Å². The molecule has 0 atom stereocenters. The Labute approximate surface area is 193 Å². The van der Waals surface area contributed by atoms with E-state index in [0.29, 0.717) is 30.6 Å². The number of carbonyl (C=O) groups excluding carboxylic acids is 2. The van der Waals surface area contributed by atoms with Crippen LogP contribution in [0.25, 0.3) is 0 Å². The van der Waals surface area contributed by atoms with Crippen molar-refractivity contribution in [2.24, 2.45) is 5.92 Å². The summed E-state index contributed by atoms with van der Waals surface area (Å²) in [6, 6.07) is 6.29. The summed E-state index contributed by atoms with van der Waals surface area (Å²) >= 11 is 0. The molecule has 1 N–H and O–H groups in total. The minimum atomic E-state index is 0.0563. The van der Waals surface area contributed by atoms with Gasteiger partial charge in [-0.05, 0) is 75.8 Å². The quantitative estimate of drug-likeness (QED) is 0.765. The largest absolute Gasteiger partial charge is 0.396 e. The van der Waals surface area contributed by atoms with Gasteiger partial charge in [0.25, 0.3) is 5.91 Å². The molecule has 6 heteroatoms. The van der Waals surface area contributed by atoms with E-state index in [1.165, 1.54) is 19.3 Å². The molecule has 0 radical (unpaired) electrons. The van der Waals surface area contributed by atoms with Crippen LogP contribution in [-0.4, -0.2) is 65.5 Å². The number of likely N-dealkylation sites (tertiary alicyclic amines) is 1. The van der Waals surface area contributed by atoms with Gasteiger partial charge in [-0.2, -0.15) is 0 Å². The van der Waals surface area contributed by atoms with Crippen molar-refractivity contribution in [1.29, 1.82) is 0 Å². The predicted octanol–water partition coefficient (Wildman–Crippen LogP) is 4.06. The highest BCUT2D eigenvalue weighted by atomic mass is 16.3. The van der Waals surface area contributed by atoms with E-state index in [1.807, 2.05) is 28.0 Å². The third kappa shape index (κ3) is 6.32. The van der Waals surface area contributed by atoms with Crippen molar-refractivity contribution in [3.63, 3.8) is 0 Å². The normalized spacial score (nSPS) is 19.9. The Kier molecular flexibility index (Phi) is 9.11. The highest BCUT2D eigenvalue weighted by molar-refractivity contribution is 5.97. The minimum absolute atomic E-state index is 0.0563. The molecule has 1 aromatic rings. The molecule has 1 fully saturated rings. The average Bonchev–Trinajstić information content (AvgIpc) is 2.78. The number of hydrogen-bond acceptors (Lipinski definition) is 4. The van der Waals surface area contributed by atoms with E-state index in [9.17, 15) is 14.7 Å². The van der Waals surface area contributed by atoms with Crippen molar-refractivity contribution in [3.05, 3.63) is 29.3 Å². The number of carbonyl (C=O) groups is 2. The highest BCUT2D eigenvalue weighted by Gasteiger charge is 2.25. The number of nitrogens with zero attached hydrogens (tertiary/aromatic N) is 3. The number of amides is 2. The van der Waals surface area contributed by atoms with Gasteiger partial charge in [-0.1, -0.05) is 19.3 Å². The van der Waals surface area contributed by atoms with Crippen LogP contribution in [0.1, 0.15) is 81.6 Å². The van der Waals surface area contributed by atoms with Crippen LogP contribution >= 0.6 is 0 Å². The zero-order valence-corrected chi connectivity index (χ0v) is 20.2. The topological polar surface area (TPSA) is 64.1 Å². The average molecular weight is 444 g/mol. The van der Waals surface area contributed by atoms with Gasteiger partial charge in [-0.15, -0.1) is 0 Å². The lowest BCUT2D eigenvalue weighted by Crippen LogP contribution is -2.39. The van der Waals surface area contributed by atoms with Gasteiger partial charge in [-0.3, -0.25) is 14.5 Å². The molecule has 1 aromatic carbocycles. The zero-order chi connectivity index (χ0) is 23.1. The third-order valence-electron chi connectivity index (χ3n) is 7.09. The first-order chi connectivity index (χ1) is 15.4. The lowest BCUT2D eigenvalue weighted by atomic mass is 9.97. The maximum atomic E-state index is 13.3. The number of hydrogen-bond donors (Lipinski definition) is 1. The van der Waals surface area contributed by atoms with Crippen LogP contribution < -0.4 is 4.90 Å². The van der Waals surface area contributed by atoms with Crippen LogP contribution in [-0.2, 0) is 11.3 Å². The monoisotopic (exact) mass is 443 g/mol. The Hall–Kier alpha value is -1.92. The molecule has 0 aromatic heterocycles. The molecule has 0 spiro atoms. The molecule has 32 heavy (non-hydrogen) atoms. The van der Waals surface area contributed by atoms with Crippen LogP contribution in [0.2, 0.25) is 0 Å². The third-order valence-corrected chi connectivity index (χ3v) is 7.09. The van der Waals surface area contributed by atoms with Gasteiger partial charge in [0, 0.05) is 57.0 Å². The number of rotatable bonds is 3. The molecule has 0 aliphatic carbocycles. The molecule has 3 rings (SSSR count). The molecule has 1 saturated heterocycles. The molecular formula is C26H41N3O3. The van der Waals surface area contributed by atoms with E-state index in [2.05, 4.69) is 18.7 Å². The summed E-state index contributed by atoms with van der Waals surface area (Å²) in [5.74, 6) is 0.421. The second-order valence-corrected chi connectivity index (χ2v) is 9.76. The van der Waals surface area contributed by atoms with E-state index in [0.717, 1.165) is 56.6 Å². The van der Waals surface area contributed by atoms with Crippen LogP contribution in [0, 0.1) is 5.92 Å². The van der Waals surface area contributed by atoms with Gasteiger partial charge in [0.2, 0.25) is 5.91 Å². The van der Waals surface area contributed by atoms with Gasteiger partial charge in [0.15, 0.2) is 0 Å². The predicted molar refractivity (Wildman–Crippen MR) is 129 cm³/mol. The fourth-order valence-corrected chi connectivity index (χ4v) is 4.91. The number of fused-ring (bicyclic) bond motifs is 1. The second-order valence-electron chi connectivity index (χ2n) is 9.76. The standard InChI is InChI=1S/C26H41N3O3/c1-20(2)28-13-7-5-4-6-8-14-29(21(3)31)25-10-9-23(17-24(25)18-28)26(32)27-15-11-22(19-30)12-16-27/h9-10,17,20,22,30H,4-8,11-16,18-19H2,1-3H3. The van der Waals surface area contributed by atoms with E-state index in [-0.39, 0.29) is 18.4 Å². The van der Waals surface area contributed by atoms with E-state index < -0.39 is 0 Å². The maximum Gasteiger partial charge on any atom is 0.253 e. The summed E-state index contributed by atoms with van der Waals surface area (Å²) < 4.78 is 0. The summed E-state index contributed by atoms with van der Waals surface area (Å²) in [7, 11) is 0. The molecule has 178 valence electrons. The maximum absolute atomic E-state index is 13.3. The molecule has 2 aliphatic rings. The first-order valence-corrected chi connectivity index (χ1v) is 12.5. The van der Waals surface area contributed by atoms with Crippen molar-refractivity contribution in [3.8, 4) is 0 Å². The van der Waals surface area contributed by atoms with Gasteiger partial charge < -0.3 is 14.9 Å². The Morgan fingerprint density at radius 3 is 2.28 bits per heavy atom. The van der Waals surface area contributed by atoms with E-state index >= 15 is 0 Å². The second kappa shape index (κ2) is 11.8. The number of piperidine rings is 1. The van der Waals surface area contributed by atoms with Crippen LogP contribution in [0.3, 0.4) is 0 Å². The SMILES string of the molecule is CC(=O)N1CCCCCCCN(C(C)C)Cc2cc(C(=O)N3CCC(CO)CC3)ccc21. The van der Waals surface area contributed by atoms with Crippen molar-refractivity contribution in [2.75, 3.05) is 37.7 Å². The molecule has 0 unspecified atom stereocenters. The molecule has 2 aliphatic heterocycles. The molecule has 6 nitrogen and oxygen atoms in total. The number of anilines is 1. The minimum Gasteiger partial charge on any atom is -0.396 e. The van der Waals surface area contributed by atoms with Crippen LogP contribution in [0.15, 0.2) is 18.2 Å². The fraction of sp³-hybridized carbons (Fsp3) is 0.692. The van der Waals surface area contributed by atoms with Crippen LogP contribution in [0.4, 0.5) is 5.69 Å². The summed E-state index contributed by atoms with van der Waals surface area (Å²) in [5.41, 5.74) is 2.70. The number of aliphatic hydroxyl groups excluding tert-OH is 1. The summed E-state index contributed by atoms with van der Waals surface area (Å²) in [6.07, 6.45) is 7.47. The fourth-order valence-electron chi connectivity index (χ4n) is 4.91. The Morgan fingerprint density at radius 2 is 1.66 bits per heavy atom. The number of benzene rings is 1. The molecule has 2 heterocycles. The Morgan fingerprint density at radius 1 is 1.00 bits per heavy atom. The summed E-state index contributed by atoms with van der Waals surface area (Å²) in [6.45, 7) is 10.2. The lowest BCUT2D eigenvalue weighted by molar-refractivity contribution is -0.116. The summed E-state index contributed by atoms with van der Waals surface area (Å²) in [5, 5.41) is 9.39. The smallest absolute Gasteiger partial charge is 0.253 e. The molecule has 2 amide bonds. The lowest BCUT2D eigenvalue weighted by Gasteiger charge is -2.33. The molecule has 0 saturated carbocycles.